The number of hydrogen-bond acceptors (Lipinski definition) is 1. The van der Waals surface area contributed by atoms with Crippen LogP contribution in [-0.2, 0) is 0 Å². The van der Waals surface area contributed by atoms with Crippen LogP contribution in [0, 0.1) is 27.7 Å². The molecule has 0 saturated heterocycles. The van der Waals surface area contributed by atoms with E-state index in [9.17, 15) is 5.11 Å². The molecule has 0 amide bonds. The third-order valence-corrected chi connectivity index (χ3v) is 4.81. The van der Waals surface area contributed by atoms with E-state index in [1.165, 1.54) is 11.1 Å². The molecule has 0 aliphatic carbocycles. The summed E-state index contributed by atoms with van der Waals surface area (Å²) in [7, 11) is 0. The highest BCUT2D eigenvalue weighted by molar-refractivity contribution is 6.42. The van der Waals surface area contributed by atoms with Crippen LogP contribution < -0.4 is 0 Å². The summed E-state index contributed by atoms with van der Waals surface area (Å²) < 4.78 is 0. The minimum Gasteiger partial charge on any atom is -0.384 e. The predicted molar refractivity (Wildman–Crippen MR) is 85.9 cm³/mol. The van der Waals surface area contributed by atoms with Crippen LogP contribution in [0.3, 0.4) is 0 Å². The molecule has 2 aromatic carbocycles. The van der Waals surface area contributed by atoms with E-state index < -0.39 is 6.10 Å². The molecule has 1 N–H and O–H groups in total. The van der Waals surface area contributed by atoms with E-state index in [4.69, 9.17) is 23.2 Å². The molecule has 0 spiro atoms. The van der Waals surface area contributed by atoms with E-state index in [1.54, 1.807) is 12.1 Å². The monoisotopic (exact) mass is 308 g/mol. The fourth-order valence-corrected chi connectivity index (χ4v) is 2.96. The van der Waals surface area contributed by atoms with Crippen molar-refractivity contribution < 1.29 is 5.11 Å². The van der Waals surface area contributed by atoms with Gasteiger partial charge in [0.15, 0.2) is 0 Å². The molecule has 1 unspecified atom stereocenters. The lowest BCUT2D eigenvalue weighted by molar-refractivity contribution is 0.218. The average molecular weight is 309 g/mol. The zero-order valence-corrected chi connectivity index (χ0v) is 13.6. The largest absolute Gasteiger partial charge is 0.384 e. The molecular weight excluding hydrogens is 291 g/mol. The number of rotatable bonds is 2. The summed E-state index contributed by atoms with van der Waals surface area (Å²) in [5.41, 5.74) is 6.09. The van der Waals surface area contributed by atoms with Crippen molar-refractivity contribution in [2.45, 2.75) is 33.8 Å². The maximum atomic E-state index is 10.8. The SMILES string of the molecule is Cc1cc(C)c(C)c(C(O)c2cccc(Cl)c2Cl)c1C. The van der Waals surface area contributed by atoms with Crippen molar-refractivity contribution in [1.82, 2.24) is 0 Å². The number of halogens is 2. The fraction of sp³-hybridized carbons (Fsp3) is 0.294. The van der Waals surface area contributed by atoms with Gasteiger partial charge in [-0.1, -0.05) is 41.4 Å². The van der Waals surface area contributed by atoms with Crippen LogP contribution in [0.4, 0.5) is 0 Å². The first-order valence-corrected chi connectivity index (χ1v) is 7.29. The van der Waals surface area contributed by atoms with Crippen molar-refractivity contribution in [3.05, 3.63) is 67.7 Å². The summed E-state index contributed by atoms with van der Waals surface area (Å²) in [6.07, 6.45) is -0.764. The van der Waals surface area contributed by atoms with Crippen molar-refractivity contribution in [3.8, 4) is 0 Å². The molecule has 1 nitrogen and oxygen atoms in total. The number of aliphatic hydroxyl groups excluding tert-OH is 1. The van der Waals surface area contributed by atoms with E-state index in [1.807, 2.05) is 19.9 Å². The predicted octanol–water partition coefficient (Wildman–Crippen LogP) is 5.31. The van der Waals surface area contributed by atoms with Crippen molar-refractivity contribution in [2.75, 3.05) is 0 Å². The highest BCUT2D eigenvalue weighted by Gasteiger charge is 2.21. The molecule has 0 fully saturated rings. The van der Waals surface area contributed by atoms with Gasteiger partial charge < -0.3 is 5.11 Å². The summed E-state index contributed by atoms with van der Waals surface area (Å²) >= 11 is 12.3. The molecule has 2 aromatic rings. The standard InChI is InChI=1S/C17H18Cl2O/c1-9-8-10(2)12(4)15(11(9)3)17(20)13-6-5-7-14(18)16(13)19/h5-8,17,20H,1-4H3. The molecule has 106 valence electrons. The number of hydrogen-bond donors (Lipinski definition) is 1. The number of benzene rings is 2. The fourth-order valence-electron chi connectivity index (χ4n) is 2.54. The van der Waals surface area contributed by atoms with Crippen molar-refractivity contribution in [1.29, 1.82) is 0 Å². The summed E-state index contributed by atoms with van der Waals surface area (Å²) in [5.74, 6) is 0. The Morgan fingerprint density at radius 1 is 0.950 bits per heavy atom. The van der Waals surface area contributed by atoms with Gasteiger partial charge in [-0.3, -0.25) is 0 Å². The van der Waals surface area contributed by atoms with E-state index in [0.717, 1.165) is 16.7 Å². The van der Waals surface area contributed by atoms with Gasteiger partial charge in [0.25, 0.3) is 0 Å². The molecule has 0 bridgehead atoms. The Bertz CT molecular complexity index is 636. The molecule has 0 radical (unpaired) electrons. The van der Waals surface area contributed by atoms with E-state index in [0.29, 0.717) is 15.6 Å². The molecule has 3 heteroatoms. The second kappa shape index (κ2) is 5.77. The van der Waals surface area contributed by atoms with Gasteiger partial charge in [-0.05, 0) is 61.6 Å². The third-order valence-electron chi connectivity index (χ3n) is 3.97. The lowest BCUT2D eigenvalue weighted by Gasteiger charge is -2.21. The smallest absolute Gasteiger partial charge is 0.106 e. The van der Waals surface area contributed by atoms with Crippen LogP contribution in [-0.4, -0.2) is 5.11 Å². The molecular formula is C17H18Cl2O. The topological polar surface area (TPSA) is 20.2 Å². The third kappa shape index (κ3) is 2.58. The molecule has 1 atom stereocenters. The maximum Gasteiger partial charge on any atom is 0.106 e. The minimum absolute atomic E-state index is 0.416. The van der Waals surface area contributed by atoms with Gasteiger partial charge in [-0.25, -0.2) is 0 Å². The Kier molecular flexibility index (Phi) is 4.43. The first-order valence-electron chi connectivity index (χ1n) is 6.53. The van der Waals surface area contributed by atoms with Crippen molar-refractivity contribution in [3.63, 3.8) is 0 Å². The van der Waals surface area contributed by atoms with Gasteiger partial charge in [-0.2, -0.15) is 0 Å². The molecule has 2 rings (SSSR count). The second-order valence-electron chi connectivity index (χ2n) is 5.22. The quantitative estimate of drug-likeness (QED) is 0.797. The van der Waals surface area contributed by atoms with E-state index >= 15 is 0 Å². The first kappa shape index (κ1) is 15.4. The highest BCUT2D eigenvalue weighted by atomic mass is 35.5. The summed E-state index contributed by atoms with van der Waals surface area (Å²) in [4.78, 5) is 0. The van der Waals surface area contributed by atoms with Crippen molar-refractivity contribution >= 4 is 23.2 Å². The second-order valence-corrected chi connectivity index (χ2v) is 6.00. The van der Waals surface area contributed by atoms with Gasteiger partial charge in [0.1, 0.15) is 6.10 Å². The van der Waals surface area contributed by atoms with Gasteiger partial charge in [-0.15, -0.1) is 0 Å². The van der Waals surface area contributed by atoms with Crippen molar-refractivity contribution in [2.24, 2.45) is 0 Å². The minimum atomic E-state index is -0.764. The number of aliphatic hydroxyl groups is 1. The lowest BCUT2D eigenvalue weighted by Crippen LogP contribution is -2.08. The Balaban J connectivity index is 2.65. The Hall–Kier alpha value is -1.02. The van der Waals surface area contributed by atoms with Crippen LogP contribution in [0.5, 0.6) is 0 Å². The number of aryl methyl sites for hydroxylation is 2. The Morgan fingerprint density at radius 2 is 1.50 bits per heavy atom. The van der Waals surface area contributed by atoms with Gasteiger partial charge in [0.2, 0.25) is 0 Å². The first-order chi connectivity index (χ1) is 9.34. The molecule has 0 aromatic heterocycles. The average Bonchev–Trinajstić information content (AvgIpc) is 2.40. The molecule has 0 aliphatic heterocycles. The summed E-state index contributed by atoms with van der Waals surface area (Å²) in [6, 6.07) is 7.48. The maximum absolute atomic E-state index is 10.8. The lowest BCUT2D eigenvalue weighted by atomic mass is 9.88. The van der Waals surface area contributed by atoms with Crippen LogP contribution in [0.15, 0.2) is 24.3 Å². The summed E-state index contributed by atoms with van der Waals surface area (Å²) in [5, 5.41) is 11.6. The molecule has 0 heterocycles. The van der Waals surface area contributed by atoms with Crippen LogP contribution in [0.1, 0.15) is 39.5 Å². The van der Waals surface area contributed by atoms with Gasteiger partial charge in [0, 0.05) is 5.56 Å². The van der Waals surface area contributed by atoms with Gasteiger partial charge >= 0.3 is 0 Å². The molecule has 0 aliphatic rings. The molecule has 20 heavy (non-hydrogen) atoms. The van der Waals surface area contributed by atoms with Crippen LogP contribution in [0.2, 0.25) is 10.0 Å². The zero-order chi connectivity index (χ0) is 15.0. The zero-order valence-electron chi connectivity index (χ0n) is 12.1. The normalized spacial score (nSPS) is 12.6. The molecule has 0 saturated carbocycles. The van der Waals surface area contributed by atoms with Crippen LogP contribution >= 0.6 is 23.2 Å². The van der Waals surface area contributed by atoms with E-state index in [2.05, 4.69) is 19.9 Å². The van der Waals surface area contributed by atoms with Gasteiger partial charge in [0.05, 0.1) is 10.0 Å². The highest BCUT2D eigenvalue weighted by Crippen LogP contribution is 2.36. The summed E-state index contributed by atoms with van der Waals surface area (Å²) in [6.45, 7) is 8.16. The van der Waals surface area contributed by atoms with E-state index in [-0.39, 0.29) is 0 Å². The van der Waals surface area contributed by atoms with Crippen LogP contribution in [0.25, 0.3) is 0 Å². The Labute approximate surface area is 130 Å². The Morgan fingerprint density at radius 3 is 2.05 bits per heavy atom.